The predicted molar refractivity (Wildman–Crippen MR) is 66.4 cm³/mol. The highest BCUT2D eigenvalue weighted by atomic mass is 16.5. The van der Waals surface area contributed by atoms with Crippen molar-refractivity contribution in [3.8, 4) is 0 Å². The highest BCUT2D eigenvalue weighted by Gasteiger charge is 2.25. The molecule has 0 amide bonds. The second-order valence-corrected chi connectivity index (χ2v) is 4.57. The average Bonchev–Trinajstić information content (AvgIpc) is 2.97. The Morgan fingerprint density at radius 2 is 2.24 bits per heavy atom. The van der Waals surface area contributed by atoms with Crippen LogP contribution < -0.4 is 11.1 Å². The van der Waals surface area contributed by atoms with Crippen LogP contribution in [0.3, 0.4) is 0 Å². The fourth-order valence-electron chi connectivity index (χ4n) is 2.39. The Morgan fingerprint density at radius 3 is 2.94 bits per heavy atom. The van der Waals surface area contributed by atoms with Crippen LogP contribution in [-0.4, -0.2) is 19.3 Å². The van der Waals surface area contributed by atoms with E-state index in [0.29, 0.717) is 18.6 Å². The molecule has 2 rings (SSSR count). The monoisotopic (exact) mass is 238 g/mol. The van der Waals surface area contributed by atoms with Crippen LogP contribution in [0, 0.1) is 5.92 Å². The fraction of sp³-hybridized carbons (Fsp3) is 0.692. The molecule has 0 aromatic carbocycles. The first-order chi connectivity index (χ1) is 8.33. The van der Waals surface area contributed by atoms with Crippen LogP contribution in [-0.2, 0) is 17.8 Å². The van der Waals surface area contributed by atoms with Gasteiger partial charge in [0.25, 0.3) is 0 Å². The van der Waals surface area contributed by atoms with Gasteiger partial charge in [-0.05, 0) is 30.9 Å². The Bertz CT molecular complexity index is 338. The molecule has 2 unspecified atom stereocenters. The molecule has 0 radical (unpaired) electrons. The second-order valence-electron chi connectivity index (χ2n) is 4.57. The number of hydrogen-bond donors (Lipinski definition) is 2. The number of furan rings is 1. The average molecular weight is 238 g/mol. The topological polar surface area (TPSA) is 60.4 Å². The van der Waals surface area contributed by atoms with Crippen molar-refractivity contribution in [3.05, 3.63) is 23.7 Å². The van der Waals surface area contributed by atoms with Crippen LogP contribution in [0.5, 0.6) is 0 Å². The van der Waals surface area contributed by atoms with Gasteiger partial charge in [-0.15, -0.1) is 0 Å². The fourth-order valence-corrected chi connectivity index (χ4v) is 2.39. The summed E-state index contributed by atoms with van der Waals surface area (Å²) in [5.74, 6) is 2.44. The van der Waals surface area contributed by atoms with Crippen LogP contribution in [0.2, 0.25) is 0 Å². The minimum absolute atomic E-state index is 0.429. The van der Waals surface area contributed by atoms with Gasteiger partial charge in [-0.25, -0.2) is 0 Å². The number of rotatable bonds is 6. The molecule has 4 heteroatoms. The number of nitrogens with one attached hydrogen (secondary N) is 1. The molecule has 17 heavy (non-hydrogen) atoms. The highest BCUT2D eigenvalue weighted by molar-refractivity contribution is 5.06. The summed E-state index contributed by atoms with van der Waals surface area (Å²) in [5.41, 5.74) is 5.50. The van der Waals surface area contributed by atoms with E-state index in [1.165, 1.54) is 0 Å². The Labute approximate surface area is 103 Å². The summed E-state index contributed by atoms with van der Waals surface area (Å²) >= 11 is 0. The first kappa shape index (κ1) is 12.6. The van der Waals surface area contributed by atoms with Crippen molar-refractivity contribution in [1.82, 2.24) is 5.32 Å². The highest BCUT2D eigenvalue weighted by Crippen LogP contribution is 2.22. The maximum Gasteiger partial charge on any atom is 0.118 e. The Hall–Kier alpha value is -0.840. The van der Waals surface area contributed by atoms with Crippen LogP contribution in [0.15, 0.2) is 16.5 Å². The molecule has 1 aromatic rings. The minimum Gasteiger partial charge on any atom is -0.463 e. The SMILES string of the molecule is CCC1OCCC1CNCc1ccc(CN)o1. The molecular weight excluding hydrogens is 216 g/mol. The van der Waals surface area contributed by atoms with Crippen molar-refractivity contribution in [2.45, 2.75) is 39.0 Å². The molecule has 1 saturated heterocycles. The number of hydrogen-bond acceptors (Lipinski definition) is 4. The normalized spacial score (nSPS) is 24.4. The summed E-state index contributed by atoms with van der Waals surface area (Å²) in [6, 6.07) is 3.92. The molecule has 4 nitrogen and oxygen atoms in total. The van der Waals surface area contributed by atoms with Gasteiger partial charge in [0.05, 0.1) is 19.2 Å². The van der Waals surface area contributed by atoms with E-state index >= 15 is 0 Å². The second kappa shape index (κ2) is 6.19. The van der Waals surface area contributed by atoms with E-state index in [2.05, 4.69) is 12.2 Å². The summed E-state index contributed by atoms with van der Waals surface area (Å²) < 4.78 is 11.2. The summed E-state index contributed by atoms with van der Waals surface area (Å²) in [6.45, 7) is 5.32. The molecule has 1 aliphatic heterocycles. The molecule has 0 bridgehead atoms. The Balaban J connectivity index is 1.72. The first-order valence-corrected chi connectivity index (χ1v) is 6.43. The third kappa shape index (κ3) is 3.31. The lowest BCUT2D eigenvalue weighted by Gasteiger charge is -2.16. The maximum absolute atomic E-state index is 5.66. The molecule has 1 aliphatic rings. The van der Waals surface area contributed by atoms with Gasteiger partial charge in [-0.1, -0.05) is 6.92 Å². The van der Waals surface area contributed by atoms with E-state index < -0.39 is 0 Å². The third-order valence-electron chi connectivity index (χ3n) is 3.37. The number of ether oxygens (including phenoxy) is 1. The van der Waals surface area contributed by atoms with Crippen LogP contribution in [0.25, 0.3) is 0 Å². The van der Waals surface area contributed by atoms with Crippen LogP contribution >= 0.6 is 0 Å². The van der Waals surface area contributed by atoms with Gasteiger partial charge >= 0.3 is 0 Å². The zero-order chi connectivity index (χ0) is 12.1. The zero-order valence-electron chi connectivity index (χ0n) is 10.4. The first-order valence-electron chi connectivity index (χ1n) is 6.43. The minimum atomic E-state index is 0.429. The molecule has 2 atom stereocenters. The van der Waals surface area contributed by atoms with Crippen molar-refractivity contribution >= 4 is 0 Å². The van der Waals surface area contributed by atoms with Crippen LogP contribution in [0.4, 0.5) is 0 Å². The van der Waals surface area contributed by atoms with E-state index in [1.807, 2.05) is 12.1 Å². The van der Waals surface area contributed by atoms with E-state index in [0.717, 1.165) is 44.1 Å². The largest absolute Gasteiger partial charge is 0.463 e. The van der Waals surface area contributed by atoms with Gasteiger partial charge in [-0.3, -0.25) is 0 Å². The van der Waals surface area contributed by atoms with Crippen molar-refractivity contribution in [2.75, 3.05) is 13.2 Å². The van der Waals surface area contributed by atoms with E-state index in [-0.39, 0.29) is 0 Å². The van der Waals surface area contributed by atoms with Gasteiger partial charge in [0.2, 0.25) is 0 Å². The number of nitrogens with two attached hydrogens (primary N) is 1. The van der Waals surface area contributed by atoms with E-state index in [4.69, 9.17) is 14.9 Å². The summed E-state index contributed by atoms with van der Waals surface area (Å²) in [6.07, 6.45) is 2.70. The smallest absolute Gasteiger partial charge is 0.118 e. The van der Waals surface area contributed by atoms with Gasteiger partial charge in [0, 0.05) is 13.2 Å². The molecular formula is C13H22N2O2. The molecule has 0 aliphatic carbocycles. The van der Waals surface area contributed by atoms with Crippen LogP contribution in [0.1, 0.15) is 31.3 Å². The molecule has 1 aromatic heterocycles. The Kier molecular flexibility index (Phi) is 4.59. The molecule has 0 spiro atoms. The molecule has 1 fully saturated rings. The molecule has 0 saturated carbocycles. The standard InChI is InChI=1S/C13H22N2O2/c1-2-13-10(5-6-16-13)8-15-9-12-4-3-11(7-14)17-12/h3-4,10,13,15H,2,5-9,14H2,1H3. The van der Waals surface area contributed by atoms with E-state index in [1.54, 1.807) is 0 Å². The quantitative estimate of drug-likeness (QED) is 0.791. The Morgan fingerprint density at radius 1 is 1.41 bits per heavy atom. The van der Waals surface area contributed by atoms with Crippen molar-refractivity contribution < 1.29 is 9.15 Å². The molecule has 96 valence electrons. The summed E-state index contributed by atoms with van der Waals surface area (Å²) in [5, 5.41) is 3.43. The van der Waals surface area contributed by atoms with Gasteiger partial charge in [-0.2, -0.15) is 0 Å². The lowest BCUT2D eigenvalue weighted by atomic mass is 10.00. The predicted octanol–water partition coefficient (Wildman–Crippen LogP) is 1.64. The van der Waals surface area contributed by atoms with Crippen molar-refractivity contribution in [2.24, 2.45) is 11.7 Å². The van der Waals surface area contributed by atoms with Crippen molar-refractivity contribution in [1.29, 1.82) is 0 Å². The lowest BCUT2D eigenvalue weighted by Crippen LogP contribution is -2.27. The summed E-state index contributed by atoms with van der Waals surface area (Å²) in [7, 11) is 0. The molecule has 2 heterocycles. The van der Waals surface area contributed by atoms with Gasteiger partial charge in [0.1, 0.15) is 11.5 Å². The van der Waals surface area contributed by atoms with E-state index in [9.17, 15) is 0 Å². The summed E-state index contributed by atoms with van der Waals surface area (Å²) in [4.78, 5) is 0. The van der Waals surface area contributed by atoms with Gasteiger partial charge in [0.15, 0.2) is 0 Å². The van der Waals surface area contributed by atoms with Crippen molar-refractivity contribution in [3.63, 3.8) is 0 Å². The zero-order valence-corrected chi connectivity index (χ0v) is 10.4. The molecule has 3 N–H and O–H groups in total. The lowest BCUT2D eigenvalue weighted by molar-refractivity contribution is 0.0871. The third-order valence-corrected chi connectivity index (χ3v) is 3.37. The maximum atomic E-state index is 5.66. The van der Waals surface area contributed by atoms with Gasteiger partial charge < -0.3 is 20.2 Å².